The molecule has 3 nitrogen and oxygen atoms in total. The molecule has 0 aliphatic carbocycles. The number of aryl methyl sites for hydroxylation is 2. The van der Waals surface area contributed by atoms with E-state index in [1.807, 2.05) is 6.92 Å². The molecule has 1 aromatic carbocycles. The number of aromatic amines is 1. The molecular weight excluding hydrogens is 207 g/mol. The molecule has 0 saturated carbocycles. The molecule has 2 aromatic rings. The zero-order chi connectivity index (χ0) is 11.7. The van der Waals surface area contributed by atoms with Gasteiger partial charge in [0.05, 0.1) is 5.69 Å². The van der Waals surface area contributed by atoms with Gasteiger partial charge in [0, 0.05) is 11.8 Å². The van der Waals surface area contributed by atoms with Crippen molar-refractivity contribution in [1.29, 1.82) is 0 Å². The van der Waals surface area contributed by atoms with Gasteiger partial charge in [-0.15, -0.1) is 0 Å². The van der Waals surface area contributed by atoms with E-state index in [4.69, 9.17) is 0 Å². The Balaban J connectivity index is 2.71. The van der Waals surface area contributed by atoms with Crippen LogP contribution in [-0.2, 0) is 0 Å². The van der Waals surface area contributed by atoms with Crippen LogP contribution in [0.5, 0.6) is 0 Å². The van der Waals surface area contributed by atoms with E-state index < -0.39 is 5.69 Å². The van der Waals surface area contributed by atoms with Crippen LogP contribution in [0.3, 0.4) is 0 Å². The summed E-state index contributed by atoms with van der Waals surface area (Å²) in [6.07, 6.45) is 1.44. The topological polar surface area (TPSA) is 45.8 Å². The van der Waals surface area contributed by atoms with Crippen molar-refractivity contribution in [3.05, 3.63) is 51.8 Å². The van der Waals surface area contributed by atoms with Crippen molar-refractivity contribution in [3.63, 3.8) is 0 Å². The van der Waals surface area contributed by atoms with Gasteiger partial charge < -0.3 is 4.98 Å². The second kappa shape index (κ2) is 3.89. The van der Waals surface area contributed by atoms with Crippen LogP contribution in [0.25, 0.3) is 11.3 Å². The molecule has 0 aliphatic heterocycles. The van der Waals surface area contributed by atoms with Gasteiger partial charge in [0.2, 0.25) is 0 Å². The Kier molecular flexibility index (Phi) is 2.56. The molecule has 0 unspecified atom stereocenters. The Bertz CT molecular complexity index is 590. The van der Waals surface area contributed by atoms with E-state index in [1.54, 1.807) is 19.1 Å². The van der Waals surface area contributed by atoms with Crippen molar-refractivity contribution >= 4 is 0 Å². The Morgan fingerprint density at radius 3 is 2.81 bits per heavy atom. The SMILES string of the molecule is Cc1ccc(F)c(-c2[nH]c(=O)ncc2C)c1. The minimum Gasteiger partial charge on any atom is -0.305 e. The minimum absolute atomic E-state index is 0.351. The van der Waals surface area contributed by atoms with Crippen LogP contribution in [0.1, 0.15) is 11.1 Å². The van der Waals surface area contributed by atoms with Crippen molar-refractivity contribution in [2.24, 2.45) is 0 Å². The third-order valence-electron chi connectivity index (χ3n) is 2.39. The van der Waals surface area contributed by atoms with Gasteiger partial charge in [-0.25, -0.2) is 14.2 Å². The second-order valence-electron chi connectivity index (χ2n) is 3.73. The normalized spacial score (nSPS) is 10.4. The van der Waals surface area contributed by atoms with Gasteiger partial charge in [0.15, 0.2) is 0 Å². The van der Waals surface area contributed by atoms with E-state index in [1.165, 1.54) is 12.3 Å². The molecule has 16 heavy (non-hydrogen) atoms. The van der Waals surface area contributed by atoms with Gasteiger partial charge in [-0.3, -0.25) is 0 Å². The maximum atomic E-state index is 13.6. The highest BCUT2D eigenvalue weighted by molar-refractivity contribution is 5.63. The maximum absolute atomic E-state index is 13.6. The summed E-state index contributed by atoms with van der Waals surface area (Å²) in [6.45, 7) is 3.65. The summed E-state index contributed by atoms with van der Waals surface area (Å²) in [5, 5.41) is 0. The largest absolute Gasteiger partial charge is 0.345 e. The van der Waals surface area contributed by atoms with E-state index in [0.717, 1.165) is 11.1 Å². The molecule has 1 heterocycles. The zero-order valence-corrected chi connectivity index (χ0v) is 9.04. The predicted octanol–water partition coefficient (Wildman–Crippen LogP) is 2.19. The number of hydrogen-bond acceptors (Lipinski definition) is 2. The van der Waals surface area contributed by atoms with Gasteiger partial charge >= 0.3 is 5.69 Å². The first-order valence-electron chi connectivity index (χ1n) is 4.90. The molecule has 0 amide bonds. The maximum Gasteiger partial charge on any atom is 0.345 e. The van der Waals surface area contributed by atoms with E-state index in [-0.39, 0.29) is 5.82 Å². The third kappa shape index (κ3) is 1.86. The highest BCUT2D eigenvalue weighted by Crippen LogP contribution is 2.23. The lowest BCUT2D eigenvalue weighted by Gasteiger charge is -2.06. The summed E-state index contributed by atoms with van der Waals surface area (Å²) in [5.41, 5.74) is 2.09. The number of nitrogens with zero attached hydrogens (tertiary/aromatic N) is 1. The molecule has 0 fully saturated rings. The summed E-state index contributed by atoms with van der Waals surface area (Å²) < 4.78 is 13.6. The monoisotopic (exact) mass is 218 g/mol. The Morgan fingerprint density at radius 1 is 1.31 bits per heavy atom. The van der Waals surface area contributed by atoms with E-state index in [9.17, 15) is 9.18 Å². The van der Waals surface area contributed by atoms with Gasteiger partial charge in [-0.05, 0) is 31.5 Å². The van der Waals surface area contributed by atoms with Gasteiger partial charge in [-0.1, -0.05) is 11.6 Å². The average molecular weight is 218 g/mol. The van der Waals surface area contributed by atoms with E-state index >= 15 is 0 Å². The van der Waals surface area contributed by atoms with Crippen LogP contribution < -0.4 is 5.69 Å². The number of hydrogen-bond donors (Lipinski definition) is 1. The first kappa shape index (κ1) is 10.5. The number of nitrogens with one attached hydrogen (secondary N) is 1. The molecule has 0 radical (unpaired) electrons. The molecule has 4 heteroatoms. The zero-order valence-electron chi connectivity index (χ0n) is 9.04. The highest BCUT2D eigenvalue weighted by Gasteiger charge is 2.09. The Hall–Kier alpha value is -1.97. The van der Waals surface area contributed by atoms with E-state index in [2.05, 4.69) is 9.97 Å². The molecule has 0 atom stereocenters. The quantitative estimate of drug-likeness (QED) is 0.797. The average Bonchev–Trinajstić information content (AvgIpc) is 2.25. The van der Waals surface area contributed by atoms with Crippen LogP contribution in [0.2, 0.25) is 0 Å². The van der Waals surface area contributed by atoms with Crippen LogP contribution in [0, 0.1) is 19.7 Å². The number of benzene rings is 1. The molecule has 0 aliphatic rings. The molecule has 82 valence electrons. The lowest BCUT2D eigenvalue weighted by atomic mass is 10.1. The molecule has 1 aromatic heterocycles. The van der Waals surface area contributed by atoms with Crippen LogP contribution in [-0.4, -0.2) is 9.97 Å². The fourth-order valence-corrected chi connectivity index (χ4v) is 1.57. The fourth-order valence-electron chi connectivity index (χ4n) is 1.57. The first-order valence-corrected chi connectivity index (χ1v) is 4.90. The van der Waals surface area contributed by atoms with Crippen molar-refractivity contribution in [3.8, 4) is 11.3 Å². The van der Waals surface area contributed by atoms with Crippen molar-refractivity contribution < 1.29 is 4.39 Å². The van der Waals surface area contributed by atoms with Crippen LogP contribution in [0.15, 0.2) is 29.2 Å². The molecular formula is C12H11FN2O. The van der Waals surface area contributed by atoms with Gasteiger partial charge in [0.1, 0.15) is 5.82 Å². The first-order chi connectivity index (χ1) is 7.58. The second-order valence-corrected chi connectivity index (χ2v) is 3.73. The van der Waals surface area contributed by atoms with Gasteiger partial charge in [-0.2, -0.15) is 0 Å². The summed E-state index contributed by atoms with van der Waals surface area (Å²) in [4.78, 5) is 17.3. The molecule has 2 rings (SSSR count). The van der Waals surface area contributed by atoms with Crippen LogP contribution >= 0.6 is 0 Å². The summed E-state index contributed by atoms with van der Waals surface area (Å²) >= 11 is 0. The molecule has 1 N–H and O–H groups in total. The Morgan fingerprint density at radius 2 is 2.06 bits per heavy atom. The molecule has 0 saturated heterocycles. The number of halogens is 1. The lowest BCUT2D eigenvalue weighted by Crippen LogP contribution is -2.11. The smallest absolute Gasteiger partial charge is 0.305 e. The predicted molar refractivity (Wildman–Crippen MR) is 59.7 cm³/mol. The number of aromatic nitrogens is 2. The van der Waals surface area contributed by atoms with Crippen molar-refractivity contribution in [2.75, 3.05) is 0 Å². The minimum atomic E-state index is -0.471. The summed E-state index contributed by atoms with van der Waals surface area (Å²) in [6, 6.07) is 4.78. The van der Waals surface area contributed by atoms with Crippen LogP contribution in [0.4, 0.5) is 4.39 Å². The third-order valence-corrected chi connectivity index (χ3v) is 2.39. The lowest BCUT2D eigenvalue weighted by molar-refractivity contribution is 0.630. The molecule has 0 bridgehead atoms. The highest BCUT2D eigenvalue weighted by atomic mass is 19.1. The summed E-state index contributed by atoms with van der Waals surface area (Å²) in [5.74, 6) is -0.351. The van der Waals surface area contributed by atoms with Gasteiger partial charge in [0.25, 0.3) is 0 Å². The molecule has 0 spiro atoms. The Labute approximate surface area is 92.0 Å². The fraction of sp³-hybridized carbons (Fsp3) is 0.167. The van der Waals surface area contributed by atoms with Crippen molar-refractivity contribution in [1.82, 2.24) is 9.97 Å². The number of rotatable bonds is 1. The van der Waals surface area contributed by atoms with E-state index in [0.29, 0.717) is 11.3 Å². The van der Waals surface area contributed by atoms with Crippen molar-refractivity contribution in [2.45, 2.75) is 13.8 Å². The summed E-state index contributed by atoms with van der Waals surface area (Å²) in [7, 11) is 0. The standard InChI is InChI=1S/C12H11FN2O/c1-7-3-4-10(13)9(5-7)11-8(2)6-14-12(16)15-11/h3-6H,1-2H3,(H,14,15,16). The number of H-pyrrole nitrogens is 1.